The van der Waals surface area contributed by atoms with Gasteiger partial charge in [0.05, 0.1) is 17.3 Å². The Hall–Kier alpha value is -1.17. The predicted molar refractivity (Wildman–Crippen MR) is 80.4 cm³/mol. The van der Waals surface area contributed by atoms with Crippen LogP contribution < -0.4 is 5.32 Å². The van der Waals surface area contributed by atoms with Gasteiger partial charge in [0.25, 0.3) is 0 Å². The van der Waals surface area contributed by atoms with Gasteiger partial charge in [-0.25, -0.2) is 9.97 Å². The minimum Gasteiger partial charge on any atom is -0.378 e. The standard InChI is InChI=1S/C13H13BrClN3O/c1-16-12-6-9(7-19-2)17-13(18-12)10-5-8(14)3-4-11(10)15/h3-6H,7H2,1-2H3,(H,16,17,18). The summed E-state index contributed by atoms with van der Waals surface area (Å²) in [5, 5.41) is 3.62. The number of methoxy groups -OCH3 is 1. The van der Waals surface area contributed by atoms with Crippen LogP contribution in [0.5, 0.6) is 0 Å². The topological polar surface area (TPSA) is 47.0 Å². The first kappa shape index (κ1) is 14.2. The van der Waals surface area contributed by atoms with Crippen LogP contribution in [0.25, 0.3) is 11.4 Å². The quantitative estimate of drug-likeness (QED) is 0.919. The molecule has 0 atom stereocenters. The summed E-state index contributed by atoms with van der Waals surface area (Å²) in [7, 11) is 3.44. The molecule has 0 fully saturated rings. The molecule has 1 aromatic heterocycles. The molecule has 2 rings (SSSR count). The molecule has 0 spiro atoms. The van der Waals surface area contributed by atoms with Gasteiger partial charge in [-0.1, -0.05) is 27.5 Å². The van der Waals surface area contributed by atoms with E-state index in [2.05, 4.69) is 31.2 Å². The molecule has 0 saturated carbocycles. The van der Waals surface area contributed by atoms with Crippen LogP contribution in [0.4, 0.5) is 5.82 Å². The van der Waals surface area contributed by atoms with Crippen molar-refractivity contribution in [1.29, 1.82) is 0 Å². The number of benzene rings is 1. The summed E-state index contributed by atoms with van der Waals surface area (Å²) >= 11 is 9.63. The van der Waals surface area contributed by atoms with Gasteiger partial charge in [0, 0.05) is 30.3 Å². The van der Waals surface area contributed by atoms with Crippen LogP contribution in [0, 0.1) is 0 Å². The lowest BCUT2D eigenvalue weighted by atomic mass is 10.2. The fourth-order valence-corrected chi connectivity index (χ4v) is 2.20. The van der Waals surface area contributed by atoms with Crippen molar-refractivity contribution in [2.75, 3.05) is 19.5 Å². The van der Waals surface area contributed by atoms with Gasteiger partial charge >= 0.3 is 0 Å². The van der Waals surface area contributed by atoms with E-state index in [1.54, 1.807) is 7.11 Å². The summed E-state index contributed by atoms with van der Waals surface area (Å²) in [6.07, 6.45) is 0. The highest BCUT2D eigenvalue weighted by molar-refractivity contribution is 9.10. The van der Waals surface area contributed by atoms with Crippen molar-refractivity contribution in [2.24, 2.45) is 0 Å². The van der Waals surface area contributed by atoms with Gasteiger partial charge in [-0.05, 0) is 18.2 Å². The van der Waals surface area contributed by atoms with Gasteiger partial charge in [0.15, 0.2) is 5.82 Å². The van der Waals surface area contributed by atoms with E-state index < -0.39 is 0 Å². The average molecular weight is 343 g/mol. The molecule has 2 aromatic rings. The zero-order valence-corrected chi connectivity index (χ0v) is 12.9. The van der Waals surface area contributed by atoms with Crippen molar-refractivity contribution in [3.63, 3.8) is 0 Å². The van der Waals surface area contributed by atoms with E-state index >= 15 is 0 Å². The van der Waals surface area contributed by atoms with Crippen LogP contribution in [0.3, 0.4) is 0 Å². The van der Waals surface area contributed by atoms with Crippen molar-refractivity contribution in [3.8, 4) is 11.4 Å². The summed E-state index contributed by atoms with van der Waals surface area (Å²) in [6.45, 7) is 0.426. The molecule has 1 N–H and O–H groups in total. The Labute approximate surface area is 125 Å². The number of hydrogen-bond donors (Lipinski definition) is 1. The molecule has 6 heteroatoms. The van der Waals surface area contributed by atoms with E-state index in [4.69, 9.17) is 16.3 Å². The molecule has 100 valence electrons. The van der Waals surface area contributed by atoms with E-state index in [0.717, 1.165) is 21.5 Å². The highest BCUT2D eigenvalue weighted by Gasteiger charge is 2.10. The van der Waals surface area contributed by atoms with E-state index in [-0.39, 0.29) is 0 Å². The molecule has 0 radical (unpaired) electrons. The first-order valence-corrected chi connectivity index (χ1v) is 6.81. The highest BCUT2D eigenvalue weighted by Crippen LogP contribution is 2.29. The maximum absolute atomic E-state index is 6.20. The third-order valence-corrected chi connectivity index (χ3v) is 3.32. The fraction of sp³-hybridized carbons (Fsp3) is 0.231. The number of halogens is 2. The normalized spacial score (nSPS) is 10.5. The van der Waals surface area contributed by atoms with Crippen LogP contribution in [0.1, 0.15) is 5.69 Å². The Morgan fingerprint density at radius 1 is 1.32 bits per heavy atom. The van der Waals surface area contributed by atoms with E-state index in [1.165, 1.54) is 0 Å². The van der Waals surface area contributed by atoms with Crippen LogP contribution in [-0.4, -0.2) is 24.1 Å². The summed E-state index contributed by atoms with van der Waals surface area (Å²) in [4.78, 5) is 8.89. The van der Waals surface area contributed by atoms with Crippen molar-refractivity contribution in [1.82, 2.24) is 9.97 Å². The van der Waals surface area contributed by atoms with Crippen LogP contribution in [0.15, 0.2) is 28.7 Å². The Bertz CT molecular complexity index is 592. The summed E-state index contributed by atoms with van der Waals surface area (Å²) < 4.78 is 6.04. The van der Waals surface area contributed by atoms with Gasteiger partial charge in [-0.2, -0.15) is 0 Å². The summed E-state index contributed by atoms with van der Waals surface area (Å²) in [6, 6.07) is 7.43. The van der Waals surface area contributed by atoms with Gasteiger partial charge in [0.2, 0.25) is 0 Å². The molecule has 19 heavy (non-hydrogen) atoms. The smallest absolute Gasteiger partial charge is 0.163 e. The Morgan fingerprint density at radius 3 is 2.79 bits per heavy atom. The minimum absolute atomic E-state index is 0.426. The number of ether oxygens (including phenoxy) is 1. The van der Waals surface area contributed by atoms with Crippen LogP contribution >= 0.6 is 27.5 Å². The van der Waals surface area contributed by atoms with E-state index in [9.17, 15) is 0 Å². The third-order valence-electron chi connectivity index (χ3n) is 2.50. The molecule has 0 aliphatic rings. The molecule has 0 aliphatic carbocycles. The second-order valence-corrected chi connectivity index (χ2v) is 5.20. The monoisotopic (exact) mass is 341 g/mol. The first-order valence-electron chi connectivity index (χ1n) is 5.64. The molecule has 0 saturated heterocycles. The molecule has 0 unspecified atom stereocenters. The fourth-order valence-electron chi connectivity index (χ4n) is 1.64. The highest BCUT2D eigenvalue weighted by atomic mass is 79.9. The molecular formula is C13H13BrClN3O. The molecule has 0 amide bonds. The lowest BCUT2D eigenvalue weighted by Crippen LogP contribution is -2.02. The predicted octanol–water partition coefficient (Wildman–Crippen LogP) is 3.75. The lowest BCUT2D eigenvalue weighted by Gasteiger charge is -2.09. The zero-order valence-electron chi connectivity index (χ0n) is 10.6. The van der Waals surface area contributed by atoms with Crippen molar-refractivity contribution < 1.29 is 4.74 Å². The number of nitrogens with zero attached hydrogens (tertiary/aromatic N) is 2. The van der Waals surface area contributed by atoms with Crippen molar-refractivity contribution in [3.05, 3.63) is 39.5 Å². The van der Waals surface area contributed by atoms with Crippen LogP contribution in [-0.2, 0) is 11.3 Å². The number of anilines is 1. The Balaban J connectivity index is 2.54. The van der Waals surface area contributed by atoms with E-state index in [0.29, 0.717) is 17.5 Å². The largest absolute Gasteiger partial charge is 0.378 e. The van der Waals surface area contributed by atoms with Gasteiger partial charge in [-0.15, -0.1) is 0 Å². The van der Waals surface area contributed by atoms with Gasteiger partial charge < -0.3 is 10.1 Å². The average Bonchev–Trinajstić information content (AvgIpc) is 2.41. The van der Waals surface area contributed by atoms with Crippen molar-refractivity contribution in [2.45, 2.75) is 6.61 Å². The second-order valence-electron chi connectivity index (χ2n) is 3.88. The number of aromatic nitrogens is 2. The van der Waals surface area contributed by atoms with Crippen molar-refractivity contribution >= 4 is 33.3 Å². The van der Waals surface area contributed by atoms with Gasteiger partial charge in [-0.3, -0.25) is 0 Å². The summed E-state index contributed by atoms with van der Waals surface area (Å²) in [5.41, 5.74) is 1.58. The lowest BCUT2D eigenvalue weighted by molar-refractivity contribution is 0.181. The number of nitrogens with one attached hydrogen (secondary N) is 1. The Morgan fingerprint density at radius 2 is 2.11 bits per heavy atom. The number of hydrogen-bond acceptors (Lipinski definition) is 4. The molecule has 1 heterocycles. The minimum atomic E-state index is 0.426. The first-order chi connectivity index (χ1) is 9.13. The summed E-state index contributed by atoms with van der Waals surface area (Å²) in [5.74, 6) is 1.30. The SMILES string of the molecule is CNc1cc(COC)nc(-c2cc(Br)ccc2Cl)n1. The maximum atomic E-state index is 6.20. The number of rotatable bonds is 4. The third kappa shape index (κ3) is 3.43. The molecule has 0 bridgehead atoms. The molecular weight excluding hydrogens is 330 g/mol. The second kappa shape index (κ2) is 6.32. The molecule has 4 nitrogen and oxygen atoms in total. The Kier molecular flexibility index (Phi) is 4.74. The zero-order chi connectivity index (χ0) is 13.8. The maximum Gasteiger partial charge on any atom is 0.163 e. The van der Waals surface area contributed by atoms with Gasteiger partial charge in [0.1, 0.15) is 5.82 Å². The van der Waals surface area contributed by atoms with E-state index in [1.807, 2.05) is 31.3 Å². The molecule has 0 aliphatic heterocycles. The van der Waals surface area contributed by atoms with Crippen LogP contribution in [0.2, 0.25) is 5.02 Å². The molecule has 1 aromatic carbocycles.